The molecule has 3 heterocycles. The van der Waals surface area contributed by atoms with Gasteiger partial charge < -0.3 is 19.7 Å². The molecule has 39 heavy (non-hydrogen) atoms. The molecule has 2 aromatic rings. The highest BCUT2D eigenvalue weighted by molar-refractivity contribution is 7.80. The van der Waals surface area contributed by atoms with E-state index in [1.54, 1.807) is 4.68 Å². The highest BCUT2D eigenvalue weighted by Crippen LogP contribution is 2.32. The van der Waals surface area contributed by atoms with Gasteiger partial charge in [0.15, 0.2) is 16.7 Å². The first-order valence-corrected chi connectivity index (χ1v) is 12.5. The molecule has 0 unspecified atom stereocenters. The number of anilines is 2. The summed E-state index contributed by atoms with van der Waals surface area (Å²) in [6.07, 6.45) is -0.288. The van der Waals surface area contributed by atoms with E-state index >= 15 is 8.78 Å². The van der Waals surface area contributed by atoms with Gasteiger partial charge >= 0.3 is 12.1 Å². The first-order chi connectivity index (χ1) is 18.2. The van der Waals surface area contributed by atoms with Gasteiger partial charge in [0.05, 0.1) is 44.7 Å². The number of hydrogen-bond donors (Lipinski definition) is 1. The molecule has 1 aromatic heterocycles. The molecule has 4 rings (SSSR count). The molecular weight excluding hydrogens is 534 g/mol. The van der Waals surface area contributed by atoms with Crippen molar-refractivity contribution in [2.24, 2.45) is 7.05 Å². The number of aromatic nitrogens is 2. The number of amides is 3. The van der Waals surface area contributed by atoms with Crippen molar-refractivity contribution in [1.82, 2.24) is 20.2 Å². The van der Waals surface area contributed by atoms with Crippen LogP contribution in [0.5, 0.6) is 0 Å². The molecule has 0 aliphatic carbocycles. The zero-order valence-corrected chi connectivity index (χ0v) is 22.2. The van der Waals surface area contributed by atoms with Gasteiger partial charge in [-0.25, -0.2) is 23.4 Å². The van der Waals surface area contributed by atoms with Crippen LogP contribution in [-0.2, 0) is 27.9 Å². The molecule has 2 saturated heterocycles. The quantitative estimate of drug-likeness (QED) is 0.505. The predicted molar refractivity (Wildman–Crippen MR) is 145 cm³/mol. The Morgan fingerprint density at radius 2 is 1.95 bits per heavy atom. The minimum atomic E-state index is -0.833. The van der Waals surface area contributed by atoms with Gasteiger partial charge in [0.1, 0.15) is 11.8 Å². The average Bonchev–Trinajstić information content (AvgIpc) is 3.30. The highest BCUT2D eigenvalue weighted by Gasteiger charge is 2.34. The molecule has 0 saturated carbocycles. The number of carbonyl (C=O) groups is 2. The first kappa shape index (κ1) is 30.0. The summed E-state index contributed by atoms with van der Waals surface area (Å²) in [6.45, 7) is 2.68. The third-order valence-electron chi connectivity index (χ3n) is 6.39. The number of hydrogen-bond acceptors (Lipinski definition) is 8. The summed E-state index contributed by atoms with van der Waals surface area (Å²) in [5.41, 5.74) is 1.46. The van der Waals surface area contributed by atoms with Gasteiger partial charge in [-0.05, 0) is 31.6 Å². The van der Waals surface area contributed by atoms with Crippen molar-refractivity contribution in [2.45, 2.75) is 39.8 Å². The molecule has 11 nitrogen and oxygen atoms in total. The third kappa shape index (κ3) is 7.12. The summed E-state index contributed by atoms with van der Waals surface area (Å²) in [7, 11) is 3.28. The number of urea groups is 1. The number of rotatable bonds is 7. The maximum absolute atomic E-state index is 15.2. The van der Waals surface area contributed by atoms with E-state index in [9.17, 15) is 9.59 Å². The van der Waals surface area contributed by atoms with E-state index in [-0.39, 0.29) is 58.1 Å². The fourth-order valence-corrected chi connectivity index (χ4v) is 4.40. The summed E-state index contributed by atoms with van der Waals surface area (Å²) < 4.78 is 42.3. The maximum Gasteiger partial charge on any atom is 0.414 e. The SMILES string of the molecule is C.COC(=S)CC[C@H]1CN(c2cc(F)c(N3CCON(C(=O)NCc4cc(C)n(C)n4)CC3)c(F)c2)C(=O)O1. The minimum absolute atomic E-state index is 0. The number of nitrogens with zero attached hydrogens (tertiary/aromatic N) is 5. The summed E-state index contributed by atoms with van der Waals surface area (Å²) in [5, 5.41) is 8.55. The Morgan fingerprint density at radius 1 is 1.23 bits per heavy atom. The number of ether oxygens (including phenoxy) is 2. The monoisotopic (exact) mass is 568 g/mol. The summed E-state index contributed by atoms with van der Waals surface area (Å²) in [6, 6.07) is 3.60. The lowest BCUT2D eigenvalue weighted by Crippen LogP contribution is -2.41. The number of halogens is 2. The first-order valence-electron chi connectivity index (χ1n) is 12.1. The van der Waals surface area contributed by atoms with Crippen LogP contribution in [0.3, 0.4) is 0 Å². The molecule has 14 heteroatoms. The minimum Gasteiger partial charge on any atom is -0.490 e. The van der Waals surface area contributed by atoms with E-state index in [2.05, 4.69) is 10.4 Å². The van der Waals surface area contributed by atoms with E-state index in [0.717, 1.165) is 22.9 Å². The Hall–Kier alpha value is -3.52. The number of cyclic esters (lactones) is 1. The van der Waals surface area contributed by atoms with Gasteiger partial charge in [0.25, 0.3) is 0 Å². The number of thiocarbonyl (C=S) groups is 1. The van der Waals surface area contributed by atoms with Gasteiger partial charge in [-0.2, -0.15) is 5.10 Å². The van der Waals surface area contributed by atoms with E-state index in [1.165, 1.54) is 16.9 Å². The van der Waals surface area contributed by atoms with Crippen molar-refractivity contribution in [3.05, 3.63) is 41.2 Å². The Labute approximate surface area is 231 Å². The van der Waals surface area contributed by atoms with Crippen molar-refractivity contribution in [1.29, 1.82) is 0 Å². The van der Waals surface area contributed by atoms with Crippen LogP contribution in [0.2, 0.25) is 0 Å². The zero-order chi connectivity index (χ0) is 27.4. The van der Waals surface area contributed by atoms with Crippen molar-refractivity contribution < 1.29 is 32.7 Å². The second-order valence-corrected chi connectivity index (χ2v) is 9.43. The molecule has 2 aliphatic rings. The lowest BCUT2D eigenvalue weighted by atomic mass is 10.2. The summed E-state index contributed by atoms with van der Waals surface area (Å²) in [5.74, 6) is -1.67. The lowest BCUT2D eigenvalue weighted by molar-refractivity contribution is -0.104. The summed E-state index contributed by atoms with van der Waals surface area (Å²) >= 11 is 5.00. The van der Waals surface area contributed by atoms with Gasteiger partial charge in [0, 0.05) is 44.4 Å². The normalized spacial score (nSPS) is 17.4. The molecule has 3 amide bonds. The van der Waals surface area contributed by atoms with E-state index in [1.807, 2.05) is 20.0 Å². The number of benzene rings is 1. The smallest absolute Gasteiger partial charge is 0.414 e. The number of nitrogens with one attached hydrogen (secondary N) is 1. The average molecular weight is 569 g/mol. The second kappa shape index (κ2) is 13.0. The molecule has 0 spiro atoms. The van der Waals surface area contributed by atoms with E-state index in [0.29, 0.717) is 23.6 Å². The van der Waals surface area contributed by atoms with Gasteiger partial charge in [0.2, 0.25) is 0 Å². The Kier molecular flexibility index (Phi) is 10.0. The summed E-state index contributed by atoms with van der Waals surface area (Å²) in [4.78, 5) is 33.1. The zero-order valence-electron chi connectivity index (χ0n) is 21.4. The lowest BCUT2D eigenvalue weighted by Gasteiger charge is -2.24. The fourth-order valence-electron chi connectivity index (χ4n) is 4.28. The number of carbonyl (C=O) groups excluding carboxylic acids is 2. The topological polar surface area (TPSA) is 101 Å². The van der Waals surface area contributed by atoms with Crippen LogP contribution < -0.4 is 15.1 Å². The van der Waals surface area contributed by atoms with Crippen LogP contribution in [0.4, 0.5) is 29.7 Å². The van der Waals surface area contributed by atoms with E-state index < -0.39 is 29.9 Å². The number of methoxy groups -OCH3 is 1. The van der Waals surface area contributed by atoms with Gasteiger partial charge in [-0.1, -0.05) is 7.43 Å². The Bertz CT molecular complexity index is 1170. The molecule has 1 N–H and O–H groups in total. The largest absolute Gasteiger partial charge is 0.490 e. The highest BCUT2D eigenvalue weighted by atomic mass is 32.1. The van der Waals surface area contributed by atoms with Crippen molar-refractivity contribution in [3.8, 4) is 0 Å². The molecule has 2 fully saturated rings. The van der Waals surface area contributed by atoms with Crippen LogP contribution >= 0.6 is 12.2 Å². The predicted octanol–water partition coefficient (Wildman–Crippen LogP) is 3.69. The van der Waals surface area contributed by atoms with E-state index in [4.69, 9.17) is 26.5 Å². The molecule has 1 aromatic carbocycles. The Morgan fingerprint density at radius 3 is 2.59 bits per heavy atom. The maximum atomic E-state index is 15.2. The standard InChI is InChI=1S/C24H30F2N6O5S.CH4/c1-15-10-16(28-29(15)2)13-27-23(33)32-7-6-30(8-9-36-32)22-19(25)11-17(12-20(22)26)31-14-18(37-24(31)34)4-5-21(38)35-3;/h10-12,18H,4-9,13-14H2,1-3H3,(H,27,33);1H4/t18-;/m0./s1. The van der Waals surface area contributed by atoms with Crippen LogP contribution in [0.25, 0.3) is 0 Å². The van der Waals surface area contributed by atoms with Crippen LogP contribution in [0.1, 0.15) is 31.7 Å². The second-order valence-electron chi connectivity index (χ2n) is 8.97. The van der Waals surface area contributed by atoms with Crippen molar-refractivity contribution in [2.75, 3.05) is 49.7 Å². The van der Waals surface area contributed by atoms with Crippen LogP contribution in [0.15, 0.2) is 18.2 Å². The fraction of sp³-hybridized carbons (Fsp3) is 0.520. The molecular formula is C25H34F2N6O5S. The molecule has 0 radical (unpaired) electrons. The molecule has 2 aliphatic heterocycles. The van der Waals surface area contributed by atoms with Gasteiger partial charge in [-0.3, -0.25) is 14.4 Å². The third-order valence-corrected chi connectivity index (χ3v) is 6.77. The number of hydroxylamine groups is 2. The van der Waals surface area contributed by atoms with Crippen molar-refractivity contribution >= 4 is 40.8 Å². The molecule has 1 atom stereocenters. The van der Waals surface area contributed by atoms with Gasteiger partial charge in [-0.15, -0.1) is 0 Å². The van der Waals surface area contributed by atoms with Crippen molar-refractivity contribution in [3.63, 3.8) is 0 Å². The molecule has 214 valence electrons. The Balaban J connectivity index is 0.00000420. The number of aryl methyl sites for hydroxylation is 2. The molecule has 0 bridgehead atoms. The van der Waals surface area contributed by atoms with Crippen LogP contribution in [-0.4, -0.2) is 78.0 Å². The van der Waals surface area contributed by atoms with Crippen LogP contribution in [0, 0.1) is 18.6 Å².